The molecule has 7 heteroatoms. The standard InChI is InChI=1S/C17H16N2O4S/c1-10-4-6-12(7-5-10)15-18-19-17(23-15)24-9-13-8-14(11(2)22-13)16(20)21-3/h4-8H,9H2,1-3H3. The van der Waals surface area contributed by atoms with Crippen LogP contribution in [0.4, 0.5) is 0 Å². The van der Waals surface area contributed by atoms with Gasteiger partial charge in [0.1, 0.15) is 17.1 Å². The summed E-state index contributed by atoms with van der Waals surface area (Å²) >= 11 is 1.35. The van der Waals surface area contributed by atoms with Gasteiger partial charge < -0.3 is 13.6 Å². The van der Waals surface area contributed by atoms with Gasteiger partial charge in [0, 0.05) is 5.56 Å². The Morgan fingerprint density at radius 1 is 1.17 bits per heavy atom. The first kappa shape index (κ1) is 16.3. The number of hydrogen-bond acceptors (Lipinski definition) is 7. The number of carbonyl (C=O) groups is 1. The second-order valence-electron chi connectivity index (χ2n) is 5.20. The van der Waals surface area contributed by atoms with E-state index in [2.05, 4.69) is 10.2 Å². The molecule has 0 aliphatic heterocycles. The van der Waals surface area contributed by atoms with Crippen LogP contribution in [0.3, 0.4) is 0 Å². The molecule has 124 valence electrons. The maximum atomic E-state index is 11.6. The molecule has 6 nitrogen and oxygen atoms in total. The maximum absolute atomic E-state index is 11.6. The molecule has 0 N–H and O–H groups in total. The lowest BCUT2D eigenvalue weighted by Gasteiger charge is -1.95. The summed E-state index contributed by atoms with van der Waals surface area (Å²) in [6.45, 7) is 3.75. The Hall–Kier alpha value is -2.54. The number of rotatable bonds is 5. The Bertz CT molecular complexity index is 852. The van der Waals surface area contributed by atoms with Crippen LogP contribution in [0.1, 0.15) is 27.4 Å². The van der Waals surface area contributed by atoms with Gasteiger partial charge in [0.15, 0.2) is 0 Å². The summed E-state index contributed by atoms with van der Waals surface area (Å²) in [4.78, 5) is 11.6. The van der Waals surface area contributed by atoms with Crippen LogP contribution in [0.25, 0.3) is 11.5 Å². The third-order valence-electron chi connectivity index (χ3n) is 3.42. The minimum absolute atomic E-state index is 0.410. The van der Waals surface area contributed by atoms with Gasteiger partial charge >= 0.3 is 5.97 Å². The molecule has 2 heterocycles. The topological polar surface area (TPSA) is 78.4 Å². The second kappa shape index (κ2) is 6.92. The predicted molar refractivity (Wildman–Crippen MR) is 88.8 cm³/mol. The van der Waals surface area contributed by atoms with Gasteiger partial charge in [-0.25, -0.2) is 4.79 Å². The molecule has 24 heavy (non-hydrogen) atoms. The number of aryl methyl sites for hydroxylation is 2. The summed E-state index contributed by atoms with van der Waals surface area (Å²) in [5.74, 6) is 1.72. The number of carbonyl (C=O) groups excluding carboxylic acids is 1. The number of ether oxygens (including phenoxy) is 1. The molecule has 0 atom stereocenters. The summed E-state index contributed by atoms with van der Waals surface area (Å²) in [5, 5.41) is 8.52. The molecule has 0 saturated carbocycles. The van der Waals surface area contributed by atoms with E-state index in [-0.39, 0.29) is 0 Å². The number of thioether (sulfide) groups is 1. The Balaban J connectivity index is 1.67. The van der Waals surface area contributed by atoms with Crippen LogP contribution >= 0.6 is 11.8 Å². The molecular formula is C17H16N2O4S. The smallest absolute Gasteiger partial charge is 0.341 e. The first-order valence-corrected chi connectivity index (χ1v) is 8.26. The van der Waals surface area contributed by atoms with E-state index in [0.717, 1.165) is 5.56 Å². The van der Waals surface area contributed by atoms with Gasteiger partial charge in [-0.2, -0.15) is 0 Å². The molecule has 0 aliphatic carbocycles. The summed E-state index contributed by atoms with van der Waals surface area (Å²) < 4.78 is 15.9. The zero-order valence-electron chi connectivity index (χ0n) is 13.5. The number of nitrogens with zero attached hydrogens (tertiary/aromatic N) is 2. The summed E-state index contributed by atoms with van der Waals surface area (Å²) in [6, 6.07) is 9.54. The van der Waals surface area contributed by atoms with Crippen molar-refractivity contribution in [1.29, 1.82) is 0 Å². The van der Waals surface area contributed by atoms with Gasteiger partial charge in [-0.1, -0.05) is 29.5 Å². The Kier molecular flexibility index (Phi) is 4.71. The Morgan fingerprint density at radius 2 is 1.92 bits per heavy atom. The van der Waals surface area contributed by atoms with E-state index in [9.17, 15) is 4.79 Å². The highest BCUT2D eigenvalue weighted by Gasteiger charge is 2.16. The van der Waals surface area contributed by atoms with Crippen molar-refractivity contribution < 1.29 is 18.4 Å². The zero-order valence-corrected chi connectivity index (χ0v) is 14.3. The molecular weight excluding hydrogens is 328 g/mol. The van der Waals surface area contributed by atoms with Gasteiger partial charge in [-0.15, -0.1) is 10.2 Å². The number of benzene rings is 1. The summed E-state index contributed by atoms with van der Waals surface area (Å²) in [7, 11) is 1.34. The Labute approximate surface area is 143 Å². The van der Waals surface area contributed by atoms with E-state index in [4.69, 9.17) is 13.6 Å². The minimum atomic E-state index is -0.410. The number of furan rings is 1. The first-order valence-electron chi connectivity index (χ1n) is 7.28. The van der Waals surface area contributed by atoms with Crippen molar-refractivity contribution >= 4 is 17.7 Å². The van der Waals surface area contributed by atoms with Gasteiger partial charge in [0.05, 0.1) is 12.9 Å². The van der Waals surface area contributed by atoms with E-state index in [1.54, 1.807) is 13.0 Å². The van der Waals surface area contributed by atoms with Crippen molar-refractivity contribution in [2.45, 2.75) is 24.8 Å². The molecule has 0 spiro atoms. The Morgan fingerprint density at radius 3 is 2.62 bits per heavy atom. The molecule has 0 unspecified atom stereocenters. The lowest BCUT2D eigenvalue weighted by Crippen LogP contribution is -2.00. The van der Waals surface area contributed by atoms with Crippen molar-refractivity contribution in [2.24, 2.45) is 0 Å². The fourth-order valence-electron chi connectivity index (χ4n) is 2.14. The van der Waals surface area contributed by atoms with E-state index >= 15 is 0 Å². The van der Waals surface area contributed by atoms with Crippen molar-refractivity contribution in [3.8, 4) is 11.5 Å². The molecule has 3 aromatic rings. The second-order valence-corrected chi connectivity index (χ2v) is 6.13. The number of aromatic nitrogens is 2. The highest BCUT2D eigenvalue weighted by molar-refractivity contribution is 7.98. The van der Waals surface area contributed by atoms with Crippen molar-refractivity contribution in [1.82, 2.24) is 10.2 Å². The van der Waals surface area contributed by atoms with Crippen molar-refractivity contribution in [3.05, 3.63) is 53.0 Å². The van der Waals surface area contributed by atoms with Gasteiger partial charge in [-0.3, -0.25) is 0 Å². The summed E-state index contributed by atoms with van der Waals surface area (Å²) in [5.41, 5.74) is 2.48. The van der Waals surface area contributed by atoms with Crippen LogP contribution in [-0.4, -0.2) is 23.3 Å². The number of esters is 1. The molecule has 3 rings (SSSR count). The van der Waals surface area contributed by atoms with Crippen LogP contribution in [0, 0.1) is 13.8 Å². The fourth-order valence-corrected chi connectivity index (χ4v) is 2.79. The molecule has 0 aliphatic rings. The molecule has 2 aromatic heterocycles. The molecule has 0 fully saturated rings. The van der Waals surface area contributed by atoms with Crippen molar-refractivity contribution in [2.75, 3.05) is 7.11 Å². The highest BCUT2D eigenvalue weighted by Crippen LogP contribution is 2.27. The lowest BCUT2D eigenvalue weighted by molar-refractivity contribution is 0.0599. The van der Waals surface area contributed by atoms with Gasteiger partial charge in [-0.05, 0) is 32.0 Å². The molecule has 0 saturated heterocycles. The lowest BCUT2D eigenvalue weighted by atomic mass is 10.1. The van der Waals surface area contributed by atoms with Crippen LogP contribution in [0.2, 0.25) is 0 Å². The monoisotopic (exact) mass is 344 g/mol. The fraction of sp³-hybridized carbons (Fsp3) is 0.235. The average Bonchev–Trinajstić information content (AvgIpc) is 3.19. The third kappa shape index (κ3) is 3.51. The van der Waals surface area contributed by atoms with Gasteiger partial charge in [0.2, 0.25) is 5.89 Å². The highest BCUT2D eigenvalue weighted by atomic mass is 32.2. The third-order valence-corrected chi connectivity index (χ3v) is 4.26. The summed E-state index contributed by atoms with van der Waals surface area (Å²) in [6.07, 6.45) is 0. The quantitative estimate of drug-likeness (QED) is 0.511. The first-order chi connectivity index (χ1) is 11.6. The normalized spacial score (nSPS) is 10.8. The van der Waals surface area contributed by atoms with E-state index in [0.29, 0.717) is 34.0 Å². The number of hydrogen-bond donors (Lipinski definition) is 0. The molecule has 0 radical (unpaired) electrons. The minimum Gasteiger partial charge on any atom is -0.465 e. The largest absolute Gasteiger partial charge is 0.465 e. The van der Waals surface area contributed by atoms with Crippen LogP contribution in [0.5, 0.6) is 0 Å². The van der Waals surface area contributed by atoms with Crippen molar-refractivity contribution in [3.63, 3.8) is 0 Å². The van der Waals surface area contributed by atoms with E-state index in [1.165, 1.54) is 24.4 Å². The molecule has 1 aromatic carbocycles. The zero-order chi connectivity index (χ0) is 17.1. The molecule has 0 amide bonds. The SMILES string of the molecule is COC(=O)c1cc(CSc2nnc(-c3ccc(C)cc3)o2)oc1C. The molecule has 0 bridgehead atoms. The maximum Gasteiger partial charge on any atom is 0.341 e. The number of methoxy groups -OCH3 is 1. The van der Waals surface area contributed by atoms with Gasteiger partial charge in [0.25, 0.3) is 5.22 Å². The van der Waals surface area contributed by atoms with Crippen LogP contribution < -0.4 is 0 Å². The van der Waals surface area contributed by atoms with E-state index < -0.39 is 5.97 Å². The van der Waals surface area contributed by atoms with Crippen LogP contribution in [0.15, 0.2) is 44.4 Å². The van der Waals surface area contributed by atoms with E-state index in [1.807, 2.05) is 31.2 Å². The van der Waals surface area contributed by atoms with Crippen LogP contribution in [-0.2, 0) is 10.5 Å². The average molecular weight is 344 g/mol. The predicted octanol–water partition coefficient (Wildman–Crippen LogP) is 4.03.